The van der Waals surface area contributed by atoms with Crippen LogP contribution in [0.2, 0.25) is 0 Å². The summed E-state index contributed by atoms with van der Waals surface area (Å²) in [6.07, 6.45) is 0. The Morgan fingerprint density at radius 3 is 2.07 bits per heavy atom. The molecule has 0 spiro atoms. The van der Waals surface area contributed by atoms with E-state index in [1.54, 1.807) is 24.3 Å². The standard InChI is InChI=1S/C10H10O4/c1-7(11)9-3-5-10(6-4-9)14-13-8(2)12/h3-6H,1-2H3. The van der Waals surface area contributed by atoms with E-state index in [-0.39, 0.29) is 5.78 Å². The number of hydrogen-bond acceptors (Lipinski definition) is 4. The molecule has 74 valence electrons. The Balaban J connectivity index is 2.64. The fourth-order valence-corrected chi connectivity index (χ4v) is 0.852. The highest BCUT2D eigenvalue weighted by Gasteiger charge is 2.01. The van der Waals surface area contributed by atoms with E-state index in [1.165, 1.54) is 13.8 Å². The van der Waals surface area contributed by atoms with E-state index in [0.717, 1.165) is 0 Å². The number of hydrogen-bond donors (Lipinski definition) is 0. The van der Waals surface area contributed by atoms with Crippen LogP contribution >= 0.6 is 0 Å². The molecule has 0 saturated heterocycles. The maximum absolute atomic E-state index is 10.9. The lowest BCUT2D eigenvalue weighted by atomic mass is 10.1. The van der Waals surface area contributed by atoms with Crippen molar-refractivity contribution >= 4 is 11.8 Å². The molecule has 0 bridgehead atoms. The highest BCUT2D eigenvalue weighted by Crippen LogP contribution is 2.12. The first-order valence-electron chi connectivity index (χ1n) is 4.05. The molecule has 0 atom stereocenters. The molecular formula is C10H10O4. The van der Waals surface area contributed by atoms with Crippen molar-refractivity contribution in [2.75, 3.05) is 0 Å². The highest BCUT2D eigenvalue weighted by atomic mass is 17.2. The quantitative estimate of drug-likeness (QED) is 0.418. The molecule has 0 fully saturated rings. The minimum absolute atomic E-state index is 0.0240. The predicted octanol–water partition coefficient (Wildman–Crippen LogP) is 1.75. The van der Waals surface area contributed by atoms with Gasteiger partial charge in [0, 0.05) is 12.5 Å². The molecule has 0 radical (unpaired) electrons. The third-order valence-electron chi connectivity index (χ3n) is 1.52. The number of carbonyl (C=O) groups excluding carboxylic acids is 2. The van der Waals surface area contributed by atoms with Gasteiger partial charge in [0.1, 0.15) is 0 Å². The van der Waals surface area contributed by atoms with Gasteiger partial charge in [0.05, 0.1) is 0 Å². The first-order valence-corrected chi connectivity index (χ1v) is 4.05. The monoisotopic (exact) mass is 194 g/mol. The van der Waals surface area contributed by atoms with Crippen LogP contribution in [0.5, 0.6) is 5.75 Å². The van der Waals surface area contributed by atoms with E-state index < -0.39 is 5.97 Å². The number of Topliss-reactive ketones (excluding diaryl/α,β-unsaturated/α-hetero) is 1. The van der Waals surface area contributed by atoms with Gasteiger partial charge in [-0.15, -0.1) is 0 Å². The average molecular weight is 194 g/mol. The van der Waals surface area contributed by atoms with E-state index in [4.69, 9.17) is 0 Å². The van der Waals surface area contributed by atoms with Crippen LogP contribution < -0.4 is 4.89 Å². The van der Waals surface area contributed by atoms with Gasteiger partial charge >= 0.3 is 5.97 Å². The van der Waals surface area contributed by atoms with Crippen molar-refractivity contribution in [2.45, 2.75) is 13.8 Å². The molecule has 1 rings (SSSR count). The van der Waals surface area contributed by atoms with Crippen LogP contribution in [-0.4, -0.2) is 11.8 Å². The summed E-state index contributed by atoms with van der Waals surface area (Å²) in [5, 5.41) is 0. The molecule has 0 aliphatic heterocycles. The van der Waals surface area contributed by atoms with E-state index in [0.29, 0.717) is 11.3 Å². The highest BCUT2D eigenvalue weighted by molar-refractivity contribution is 5.94. The lowest BCUT2D eigenvalue weighted by Gasteiger charge is -2.02. The van der Waals surface area contributed by atoms with Gasteiger partial charge in [-0.1, -0.05) is 0 Å². The topological polar surface area (TPSA) is 52.6 Å². The molecule has 4 heteroatoms. The van der Waals surface area contributed by atoms with Crippen molar-refractivity contribution in [3.05, 3.63) is 29.8 Å². The number of rotatable bonds is 3. The van der Waals surface area contributed by atoms with Gasteiger partial charge in [0.2, 0.25) is 0 Å². The van der Waals surface area contributed by atoms with Crippen LogP contribution in [0.25, 0.3) is 0 Å². The first kappa shape index (κ1) is 10.2. The van der Waals surface area contributed by atoms with Crippen LogP contribution in [-0.2, 0) is 9.68 Å². The summed E-state index contributed by atoms with van der Waals surface area (Å²) in [5.41, 5.74) is 0.583. The molecule has 0 aromatic heterocycles. The molecular weight excluding hydrogens is 184 g/mol. The smallest absolute Gasteiger partial charge is 0.295 e. The van der Waals surface area contributed by atoms with Crippen molar-refractivity contribution in [3.8, 4) is 5.75 Å². The summed E-state index contributed by atoms with van der Waals surface area (Å²) >= 11 is 0. The van der Waals surface area contributed by atoms with E-state index in [1.807, 2.05) is 0 Å². The van der Waals surface area contributed by atoms with Gasteiger partial charge < -0.3 is 0 Å². The van der Waals surface area contributed by atoms with Crippen molar-refractivity contribution in [1.82, 2.24) is 0 Å². The lowest BCUT2D eigenvalue weighted by Crippen LogP contribution is -2.02. The third-order valence-corrected chi connectivity index (χ3v) is 1.52. The van der Waals surface area contributed by atoms with E-state index >= 15 is 0 Å². The van der Waals surface area contributed by atoms with Crippen LogP contribution in [0.15, 0.2) is 24.3 Å². The molecule has 4 nitrogen and oxygen atoms in total. The maximum Gasteiger partial charge on any atom is 0.352 e. The van der Waals surface area contributed by atoms with E-state index in [9.17, 15) is 9.59 Å². The number of carbonyl (C=O) groups is 2. The third kappa shape index (κ3) is 2.90. The summed E-state index contributed by atoms with van der Waals surface area (Å²) in [6, 6.07) is 6.31. The minimum Gasteiger partial charge on any atom is -0.295 e. The van der Waals surface area contributed by atoms with Crippen LogP contribution in [0.4, 0.5) is 0 Å². The first-order chi connectivity index (χ1) is 6.59. The van der Waals surface area contributed by atoms with Gasteiger partial charge in [0.15, 0.2) is 11.5 Å². The molecule has 0 heterocycles. The van der Waals surface area contributed by atoms with Crippen molar-refractivity contribution in [3.63, 3.8) is 0 Å². The summed E-state index contributed by atoms with van der Waals surface area (Å²) in [5.74, 6) is -0.171. The zero-order chi connectivity index (χ0) is 10.6. The normalized spacial score (nSPS) is 9.29. The van der Waals surface area contributed by atoms with Crippen LogP contribution in [0.1, 0.15) is 24.2 Å². The Labute approximate surface area is 81.4 Å². The predicted molar refractivity (Wildman–Crippen MR) is 48.8 cm³/mol. The molecule has 0 saturated carbocycles. The van der Waals surface area contributed by atoms with Gasteiger partial charge in [-0.25, -0.2) is 4.79 Å². The second-order valence-electron chi connectivity index (χ2n) is 2.74. The summed E-state index contributed by atoms with van der Waals surface area (Å²) in [7, 11) is 0. The molecule has 1 aromatic rings. The minimum atomic E-state index is -0.527. The van der Waals surface area contributed by atoms with Crippen molar-refractivity contribution in [1.29, 1.82) is 0 Å². The molecule has 0 aliphatic carbocycles. The zero-order valence-electron chi connectivity index (χ0n) is 7.94. The summed E-state index contributed by atoms with van der Waals surface area (Å²) in [6.45, 7) is 2.71. The fraction of sp³-hybridized carbons (Fsp3) is 0.200. The Hall–Kier alpha value is -1.84. The largest absolute Gasteiger partial charge is 0.352 e. The maximum atomic E-state index is 10.9. The molecule has 0 aliphatic rings. The number of benzene rings is 1. The Morgan fingerprint density at radius 1 is 1.07 bits per heavy atom. The molecule has 14 heavy (non-hydrogen) atoms. The Morgan fingerprint density at radius 2 is 1.64 bits per heavy atom. The number of ketones is 1. The molecule has 1 aromatic carbocycles. The average Bonchev–Trinajstić information content (AvgIpc) is 2.15. The zero-order valence-corrected chi connectivity index (χ0v) is 7.94. The molecule has 0 unspecified atom stereocenters. The van der Waals surface area contributed by atoms with Crippen molar-refractivity contribution < 1.29 is 19.4 Å². The Kier molecular flexibility index (Phi) is 3.23. The second kappa shape index (κ2) is 4.41. The summed E-state index contributed by atoms with van der Waals surface area (Å²) in [4.78, 5) is 30.2. The van der Waals surface area contributed by atoms with Gasteiger partial charge in [-0.2, -0.15) is 0 Å². The SMILES string of the molecule is CC(=O)OOc1ccc(C(C)=O)cc1. The molecule has 0 amide bonds. The summed E-state index contributed by atoms with van der Waals surface area (Å²) < 4.78 is 0. The van der Waals surface area contributed by atoms with Gasteiger partial charge in [-0.05, 0) is 31.2 Å². The van der Waals surface area contributed by atoms with Crippen molar-refractivity contribution in [2.24, 2.45) is 0 Å². The lowest BCUT2D eigenvalue weighted by molar-refractivity contribution is -0.210. The Bertz CT molecular complexity index is 340. The van der Waals surface area contributed by atoms with Crippen LogP contribution in [0, 0.1) is 0 Å². The fourth-order valence-electron chi connectivity index (χ4n) is 0.852. The second-order valence-corrected chi connectivity index (χ2v) is 2.74. The van der Waals surface area contributed by atoms with Gasteiger partial charge in [0.25, 0.3) is 0 Å². The van der Waals surface area contributed by atoms with Gasteiger partial charge in [-0.3, -0.25) is 14.6 Å². The molecule has 0 N–H and O–H groups in total. The van der Waals surface area contributed by atoms with Crippen LogP contribution in [0.3, 0.4) is 0 Å². The van der Waals surface area contributed by atoms with E-state index in [2.05, 4.69) is 9.78 Å².